The van der Waals surface area contributed by atoms with Crippen molar-refractivity contribution in [3.05, 3.63) is 35.7 Å². The molecule has 0 aliphatic heterocycles. The Balaban J connectivity index is 2.86. The van der Waals surface area contributed by atoms with Gasteiger partial charge in [-0.2, -0.15) is 0 Å². The zero-order valence-corrected chi connectivity index (χ0v) is 9.54. The Morgan fingerprint density at radius 3 is 2.20 bits per heavy atom. The van der Waals surface area contributed by atoms with Crippen LogP contribution in [0.25, 0.3) is 0 Å². The number of rotatable bonds is 4. The zero-order chi connectivity index (χ0) is 11.5. The molecule has 3 nitrogen and oxygen atoms in total. The van der Waals surface area contributed by atoms with Gasteiger partial charge < -0.3 is 4.79 Å². The van der Waals surface area contributed by atoms with Crippen molar-refractivity contribution in [2.75, 3.05) is 6.26 Å². The normalized spacial score (nSPS) is 11.7. The minimum atomic E-state index is -3.13. The smallest absolute Gasteiger partial charge is 0.175 e. The first-order chi connectivity index (χ1) is 6.93. The highest BCUT2D eigenvalue weighted by molar-refractivity contribution is 7.90. The van der Waals surface area contributed by atoms with Crippen LogP contribution in [0.3, 0.4) is 0 Å². The molecule has 0 unspecified atom stereocenters. The molecule has 0 bridgehead atoms. The van der Waals surface area contributed by atoms with E-state index >= 15 is 0 Å². The minimum Gasteiger partial charge on any atom is -0.303 e. The summed E-state index contributed by atoms with van der Waals surface area (Å²) in [6.07, 6.45) is 2.54. The maximum atomic E-state index is 11.2. The lowest BCUT2D eigenvalue weighted by atomic mass is 10.0. The lowest BCUT2D eigenvalue weighted by Gasteiger charge is -2.04. The second-order valence-corrected chi connectivity index (χ2v) is 5.57. The van der Waals surface area contributed by atoms with Crippen molar-refractivity contribution in [3.8, 4) is 0 Å². The van der Waals surface area contributed by atoms with E-state index in [0.29, 0.717) is 11.3 Å². The first kappa shape index (κ1) is 11.9. The molecule has 1 radical (unpaired) electrons. The van der Waals surface area contributed by atoms with Crippen LogP contribution in [0.2, 0.25) is 0 Å². The Hall–Kier alpha value is -1.16. The molecule has 0 aliphatic rings. The van der Waals surface area contributed by atoms with E-state index in [9.17, 15) is 13.2 Å². The van der Waals surface area contributed by atoms with Crippen LogP contribution < -0.4 is 0 Å². The topological polar surface area (TPSA) is 51.2 Å². The van der Waals surface area contributed by atoms with Gasteiger partial charge in [0.25, 0.3) is 0 Å². The highest BCUT2D eigenvalue weighted by Gasteiger charge is 2.07. The number of hydrogen-bond donors (Lipinski definition) is 0. The van der Waals surface area contributed by atoms with Crippen LogP contribution >= 0.6 is 0 Å². The lowest BCUT2D eigenvalue weighted by molar-refractivity contribution is -0.106. The van der Waals surface area contributed by atoms with E-state index in [4.69, 9.17) is 0 Å². The molecule has 0 fully saturated rings. The van der Waals surface area contributed by atoms with Gasteiger partial charge in [0.15, 0.2) is 9.84 Å². The Kier molecular flexibility index (Phi) is 3.63. The van der Waals surface area contributed by atoms with Gasteiger partial charge in [-0.3, -0.25) is 0 Å². The lowest BCUT2D eigenvalue weighted by Crippen LogP contribution is -2.00. The van der Waals surface area contributed by atoms with Gasteiger partial charge in [0.2, 0.25) is 0 Å². The van der Waals surface area contributed by atoms with E-state index in [-0.39, 0.29) is 0 Å². The fourth-order valence-electron chi connectivity index (χ4n) is 1.22. The van der Waals surface area contributed by atoms with E-state index in [1.54, 1.807) is 31.2 Å². The number of sulfone groups is 1. The third-order valence-electron chi connectivity index (χ3n) is 2.04. The second kappa shape index (κ2) is 4.57. The number of aldehydes is 1. The molecule has 0 aliphatic carbocycles. The van der Waals surface area contributed by atoms with E-state index < -0.39 is 9.84 Å². The first-order valence-corrected chi connectivity index (χ1v) is 6.39. The highest BCUT2D eigenvalue weighted by atomic mass is 32.2. The predicted octanol–water partition coefficient (Wildman–Crippen LogP) is 1.43. The molecule has 4 heteroatoms. The third-order valence-corrected chi connectivity index (χ3v) is 3.16. The molecule has 1 aromatic carbocycles. The van der Waals surface area contributed by atoms with Crippen LogP contribution in [0, 0.1) is 5.92 Å². The molecule has 0 heterocycles. The van der Waals surface area contributed by atoms with Crippen LogP contribution in [0.5, 0.6) is 0 Å². The molecule has 1 aromatic rings. The number of hydrogen-bond acceptors (Lipinski definition) is 3. The number of benzene rings is 1. The van der Waals surface area contributed by atoms with Gasteiger partial charge in [-0.25, -0.2) is 8.42 Å². The maximum Gasteiger partial charge on any atom is 0.175 e. The molecule has 0 amide bonds. The molecule has 0 saturated carbocycles. The van der Waals surface area contributed by atoms with Gasteiger partial charge in [-0.05, 0) is 24.1 Å². The van der Waals surface area contributed by atoms with Gasteiger partial charge in [0.1, 0.15) is 6.29 Å². The number of carbonyl (C=O) groups excluding carboxylic acids is 1. The quantitative estimate of drug-likeness (QED) is 0.728. The fraction of sp³-hybridized carbons (Fsp3) is 0.273. The van der Waals surface area contributed by atoms with E-state index in [1.807, 2.05) is 0 Å². The van der Waals surface area contributed by atoms with Crippen molar-refractivity contribution in [3.63, 3.8) is 0 Å². The summed E-state index contributed by atoms with van der Waals surface area (Å²) >= 11 is 0. The second-order valence-electron chi connectivity index (χ2n) is 3.56. The minimum absolute atomic E-state index is 0.301. The molecule has 81 valence electrons. The van der Waals surface area contributed by atoms with Crippen molar-refractivity contribution in [2.45, 2.75) is 18.2 Å². The van der Waals surface area contributed by atoms with Gasteiger partial charge in [-0.15, -0.1) is 0 Å². The maximum absolute atomic E-state index is 11.2. The van der Waals surface area contributed by atoms with Crippen molar-refractivity contribution in [1.82, 2.24) is 0 Å². The molecule has 0 spiro atoms. The molecular formula is C11H13O3S. The largest absolute Gasteiger partial charge is 0.303 e. The van der Waals surface area contributed by atoms with Crippen LogP contribution in [0.1, 0.15) is 12.5 Å². The van der Waals surface area contributed by atoms with Crippen LogP contribution in [-0.2, 0) is 21.1 Å². The summed E-state index contributed by atoms with van der Waals surface area (Å²) in [6, 6.07) is 6.57. The van der Waals surface area contributed by atoms with Crippen molar-refractivity contribution in [1.29, 1.82) is 0 Å². The Labute approximate surface area is 90.0 Å². The van der Waals surface area contributed by atoms with Crippen molar-refractivity contribution in [2.24, 2.45) is 0 Å². The van der Waals surface area contributed by atoms with Crippen LogP contribution in [-0.4, -0.2) is 21.0 Å². The van der Waals surface area contributed by atoms with Gasteiger partial charge >= 0.3 is 0 Å². The zero-order valence-electron chi connectivity index (χ0n) is 8.73. The van der Waals surface area contributed by atoms with E-state index in [2.05, 4.69) is 0 Å². The summed E-state index contributed by atoms with van der Waals surface area (Å²) in [5.74, 6) is 0.724. The fourth-order valence-corrected chi connectivity index (χ4v) is 1.85. The summed E-state index contributed by atoms with van der Waals surface area (Å²) in [6.45, 7) is 1.75. The summed E-state index contributed by atoms with van der Waals surface area (Å²) in [4.78, 5) is 10.7. The van der Waals surface area contributed by atoms with Gasteiger partial charge in [0.05, 0.1) is 4.90 Å². The summed E-state index contributed by atoms with van der Waals surface area (Å²) < 4.78 is 22.3. The predicted molar refractivity (Wildman–Crippen MR) is 58.2 cm³/mol. The molecule has 15 heavy (non-hydrogen) atoms. The van der Waals surface area contributed by atoms with Crippen molar-refractivity contribution < 1.29 is 13.2 Å². The molecular weight excluding hydrogens is 212 g/mol. The molecule has 1 rings (SSSR count). The summed E-state index contributed by atoms with van der Waals surface area (Å²) in [5.41, 5.74) is 0.937. The van der Waals surface area contributed by atoms with Gasteiger partial charge in [0, 0.05) is 12.2 Å². The molecule has 0 N–H and O–H groups in total. The van der Waals surface area contributed by atoms with Crippen LogP contribution in [0.15, 0.2) is 29.2 Å². The van der Waals surface area contributed by atoms with Gasteiger partial charge in [-0.1, -0.05) is 19.1 Å². The monoisotopic (exact) mass is 225 g/mol. The average Bonchev–Trinajstić information content (AvgIpc) is 2.17. The molecule has 0 saturated heterocycles. The SMILES string of the molecule is C[C](C=O)Cc1ccc(S(C)(=O)=O)cc1. The average molecular weight is 225 g/mol. The number of carbonyl (C=O) groups is 1. The Morgan fingerprint density at radius 2 is 1.80 bits per heavy atom. The standard InChI is InChI=1S/C11H13O3S/c1-9(8-12)7-10-3-5-11(6-4-10)15(2,13)14/h3-6,8H,7H2,1-2H3. The van der Waals surface area contributed by atoms with Crippen LogP contribution in [0.4, 0.5) is 0 Å². The summed E-state index contributed by atoms with van der Waals surface area (Å²) in [7, 11) is -3.13. The summed E-state index contributed by atoms with van der Waals surface area (Å²) in [5, 5.41) is 0. The Bertz CT molecular complexity index is 431. The first-order valence-electron chi connectivity index (χ1n) is 4.50. The van der Waals surface area contributed by atoms with Crippen molar-refractivity contribution >= 4 is 16.1 Å². The van der Waals surface area contributed by atoms with E-state index in [1.165, 1.54) is 6.26 Å². The third kappa shape index (κ3) is 3.47. The highest BCUT2D eigenvalue weighted by Crippen LogP contribution is 2.13. The Morgan fingerprint density at radius 1 is 1.27 bits per heavy atom. The molecule has 0 aromatic heterocycles. The molecule has 0 atom stereocenters. The van der Waals surface area contributed by atoms with E-state index in [0.717, 1.165) is 17.8 Å².